The molecule has 0 radical (unpaired) electrons. The molecule has 0 aliphatic heterocycles. The fourth-order valence-corrected chi connectivity index (χ4v) is 1.67. The number of urea groups is 1. The second-order valence-corrected chi connectivity index (χ2v) is 4.63. The van der Waals surface area contributed by atoms with Crippen LogP contribution < -0.4 is 10.6 Å². The molecule has 14 heavy (non-hydrogen) atoms. The van der Waals surface area contributed by atoms with Crippen molar-refractivity contribution >= 4 is 50.2 Å². The average molecular weight is 369 g/mol. The number of amides is 2. The lowest BCUT2D eigenvalue weighted by atomic mass is 10.3. The van der Waals surface area contributed by atoms with Crippen molar-refractivity contribution in [2.75, 3.05) is 11.9 Å². The highest BCUT2D eigenvalue weighted by atomic mass is 127. The predicted molar refractivity (Wildman–Crippen MR) is 69.6 cm³/mol. The molecule has 76 valence electrons. The van der Waals surface area contributed by atoms with Crippen molar-refractivity contribution in [3.8, 4) is 0 Å². The van der Waals surface area contributed by atoms with Crippen LogP contribution in [0.3, 0.4) is 0 Å². The lowest BCUT2D eigenvalue weighted by Crippen LogP contribution is -2.28. The van der Waals surface area contributed by atoms with E-state index in [2.05, 4.69) is 49.2 Å². The Bertz CT molecular complexity index is 344. The Kier molecular flexibility index (Phi) is 4.67. The molecule has 0 aromatic heterocycles. The number of rotatable bonds is 2. The monoisotopic (exact) mass is 368 g/mol. The summed E-state index contributed by atoms with van der Waals surface area (Å²) in [5, 5.41) is 5.40. The van der Waals surface area contributed by atoms with E-state index in [4.69, 9.17) is 0 Å². The van der Waals surface area contributed by atoms with E-state index in [0.717, 1.165) is 13.7 Å². The van der Waals surface area contributed by atoms with Crippen molar-refractivity contribution in [2.45, 2.75) is 6.92 Å². The Morgan fingerprint density at radius 1 is 1.57 bits per heavy atom. The second kappa shape index (κ2) is 5.55. The van der Waals surface area contributed by atoms with Gasteiger partial charge < -0.3 is 10.6 Å². The van der Waals surface area contributed by atoms with E-state index in [1.165, 1.54) is 0 Å². The lowest BCUT2D eigenvalue weighted by molar-refractivity contribution is 0.252. The third kappa shape index (κ3) is 3.45. The molecule has 0 unspecified atom stereocenters. The highest BCUT2D eigenvalue weighted by Gasteiger charge is 2.01. The molecule has 0 bridgehead atoms. The summed E-state index contributed by atoms with van der Waals surface area (Å²) >= 11 is 5.59. The van der Waals surface area contributed by atoms with Crippen molar-refractivity contribution in [2.24, 2.45) is 0 Å². The molecule has 0 fully saturated rings. The van der Waals surface area contributed by atoms with Gasteiger partial charge in [-0.05, 0) is 63.6 Å². The van der Waals surface area contributed by atoms with Crippen LogP contribution in [0.15, 0.2) is 22.7 Å². The maximum atomic E-state index is 11.2. The number of carbonyl (C=O) groups excluding carboxylic acids is 1. The van der Waals surface area contributed by atoms with Gasteiger partial charge in [0.2, 0.25) is 0 Å². The number of anilines is 1. The summed E-state index contributed by atoms with van der Waals surface area (Å²) in [5.74, 6) is 0. The normalized spacial score (nSPS) is 9.64. The first-order valence-electron chi connectivity index (χ1n) is 4.13. The van der Waals surface area contributed by atoms with E-state index < -0.39 is 0 Å². The molecule has 5 heteroatoms. The molecule has 2 amide bonds. The minimum Gasteiger partial charge on any atom is -0.338 e. The smallest absolute Gasteiger partial charge is 0.319 e. The summed E-state index contributed by atoms with van der Waals surface area (Å²) in [7, 11) is 0. The summed E-state index contributed by atoms with van der Waals surface area (Å²) in [5.41, 5.74) is 0.795. The molecular weight excluding hydrogens is 359 g/mol. The highest BCUT2D eigenvalue weighted by molar-refractivity contribution is 14.1. The summed E-state index contributed by atoms with van der Waals surface area (Å²) < 4.78 is 2.09. The first kappa shape index (κ1) is 11.8. The molecule has 0 saturated heterocycles. The molecule has 1 aromatic rings. The first-order chi connectivity index (χ1) is 6.63. The van der Waals surface area contributed by atoms with Gasteiger partial charge in [-0.2, -0.15) is 0 Å². The average Bonchev–Trinajstić information content (AvgIpc) is 2.12. The van der Waals surface area contributed by atoms with Gasteiger partial charge in [-0.1, -0.05) is 0 Å². The topological polar surface area (TPSA) is 41.1 Å². The third-order valence-electron chi connectivity index (χ3n) is 1.51. The van der Waals surface area contributed by atoms with Crippen molar-refractivity contribution in [1.29, 1.82) is 0 Å². The Labute approximate surface area is 105 Å². The Hall–Kier alpha value is -0.300. The van der Waals surface area contributed by atoms with Crippen LogP contribution in [-0.4, -0.2) is 12.6 Å². The van der Waals surface area contributed by atoms with Gasteiger partial charge in [0.1, 0.15) is 0 Å². The molecule has 1 rings (SSSR count). The molecule has 0 spiro atoms. The fourth-order valence-electron chi connectivity index (χ4n) is 0.910. The number of carbonyl (C=O) groups is 1. The van der Waals surface area contributed by atoms with E-state index in [0.29, 0.717) is 6.54 Å². The Balaban J connectivity index is 2.68. The number of hydrogen-bond acceptors (Lipinski definition) is 1. The van der Waals surface area contributed by atoms with Gasteiger partial charge in [-0.3, -0.25) is 0 Å². The molecule has 0 aliphatic carbocycles. The lowest BCUT2D eigenvalue weighted by Gasteiger charge is -2.06. The molecular formula is C9H10BrIN2O. The Morgan fingerprint density at radius 2 is 2.29 bits per heavy atom. The van der Waals surface area contributed by atoms with Crippen molar-refractivity contribution in [3.05, 3.63) is 26.2 Å². The Morgan fingerprint density at radius 3 is 2.86 bits per heavy atom. The van der Waals surface area contributed by atoms with Gasteiger partial charge in [0.05, 0.1) is 0 Å². The van der Waals surface area contributed by atoms with Crippen molar-refractivity contribution in [1.82, 2.24) is 5.32 Å². The van der Waals surface area contributed by atoms with Crippen LogP contribution in [0.4, 0.5) is 10.5 Å². The van der Waals surface area contributed by atoms with Crippen LogP contribution in [0.5, 0.6) is 0 Å². The van der Waals surface area contributed by atoms with Gasteiger partial charge >= 0.3 is 6.03 Å². The number of hydrogen-bond donors (Lipinski definition) is 2. The van der Waals surface area contributed by atoms with Crippen molar-refractivity contribution in [3.63, 3.8) is 0 Å². The van der Waals surface area contributed by atoms with Crippen LogP contribution in [0.25, 0.3) is 0 Å². The second-order valence-electron chi connectivity index (χ2n) is 2.61. The first-order valence-corrected chi connectivity index (χ1v) is 6.00. The zero-order chi connectivity index (χ0) is 10.6. The van der Waals surface area contributed by atoms with Crippen LogP contribution in [0.2, 0.25) is 0 Å². The van der Waals surface area contributed by atoms with Crippen LogP contribution in [-0.2, 0) is 0 Å². The standard InChI is InChI=1S/C9H10BrIN2O/c1-2-12-9(14)13-6-3-4-7(10)8(11)5-6/h3-5H,2H2,1H3,(H2,12,13,14). The van der Waals surface area contributed by atoms with Crippen LogP contribution in [0, 0.1) is 3.57 Å². The third-order valence-corrected chi connectivity index (χ3v) is 3.84. The van der Waals surface area contributed by atoms with Gasteiger partial charge in [0.25, 0.3) is 0 Å². The van der Waals surface area contributed by atoms with Gasteiger partial charge in [0, 0.05) is 20.3 Å². The predicted octanol–water partition coefficient (Wildman–Crippen LogP) is 3.20. The van der Waals surface area contributed by atoms with E-state index in [9.17, 15) is 4.79 Å². The zero-order valence-corrected chi connectivity index (χ0v) is 11.3. The summed E-state index contributed by atoms with van der Waals surface area (Å²) in [6, 6.07) is 5.48. The highest BCUT2D eigenvalue weighted by Crippen LogP contribution is 2.22. The maximum absolute atomic E-state index is 11.2. The molecule has 0 aliphatic rings. The number of benzene rings is 1. The minimum absolute atomic E-state index is 0.175. The quantitative estimate of drug-likeness (QED) is 0.773. The van der Waals surface area contributed by atoms with Crippen LogP contribution >= 0.6 is 38.5 Å². The number of nitrogens with one attached hydrogen (secondary N) is 2. The van der Waals surface area contributed by atoms with E-state index in [1.54, 1.807) is 0 Å². The van der Waals surface area contributed by atoms with Gasteiger partial charge in [0.15, 0.2) is 0 Å². The number of halogens is 2. The summed E-state index contributed by atoms with van der Waals surface area (Å²) in [6.07, 6.45) is 0. The molecule has 2 N–H and O–H groups in total. The van der Waals surface area contributed by atoms with E-state index >= 15 is 0 Å². The van der Waals surface area contributed by atoms with Gasteiger partial charge in [-0.25, -0.2) is 4.79 Å². The fraction of sp³-hybridized carbons (Fsp3) is 0.222. The van der Waals surface area contributed by atoms with Crippen molar-refractivity contribution < 1.29 is 4.79 Å². The van der Waals surface area contributed by atoms with E-state index in [-0.39, 0.29) is 6.03 Å². The summed E-state index contributed by atoms with van der Waals surface area (Å²) in [6.45, 7) is 2.50. The molecule has 0 heterocycles. The zero-order valence-electron chi connectivity index (χ0n) is 7.60. The van der Waals surface area contributed by atoms with E-state index in [1.807, 2.05) is 25.1 Å². The minimum atomic E-state index is -0.175. The van der Waals surface area contributed by atoms with Gasteiger partial charge in [-0.15, -0.1) is 0 Å². The van der Waals surface area contributed by atoms with Crippen LogP contribution in [0.1, 0.15) is 6.92 Å². The molecule has 0 atom stereocenters. The molecule has 3 nitrogen and oxygen atoms in total. The SMILES string of the molecule is CCNC(=O)Nc1ccc(Br)c(I)c1. The largest absolute Gasteiger partial charge is 0.338 e. The maximum Gasteiger partial charge on any atom is 0.319 e. The molecule has 1 aromatic carbocycles. The molecule has 0 saturated carbocycles. The summed E-state index contributed by atoms with van der Waals surface area (Å²) in [4.78, 5) is 11.2.